The zero-order valence-electron chi connectivity index (χ0n) is 21.1. The van der Waals surface area contributed by atoms with Crippen LogP contribution in [-0.4, -0.2) is 26.1 Å². The first kappa shape index (κ1) is 27.7. The van der Waals surface area contributed by atoms with Gasteiger partial charge in [-0.1, -0.05) is 110 Å². The summed E-state index contributed by atoms with van der Waals surface area (Å²) in [6.45, 7) is 14.9. The lowest BCUT2D eigenvalue weighted by molar-refractivity contribution is 0.190. The van der Waals surface area contributed by atoms with Gasteiger partial charge in [0.15, 0.2) is 8.32 Å². The Morgan fingerprint density at radius 2 is 1.63 bits per heavy atom. The fourth-order valence-electron chi connectivity index (χ4n) is 4.03. The van der Waals surface area contributed by atoms with E-state index in [4.69, 9.17) is 4.43 Å². The number of allylic oxidation sites excluding steroid dienone is 3. The van der Waals surface area contributed by atoms with Crippen molar-refractivity contribution in [2.75, 3.05) is 6.61 Å². The fraction of sp³-hybridized carbons (Fsp3) is 0.852. The van der Waals surface area contributed by atoms with Crippen LogP contribution in [0, 0.1) is 11.8 Å². The minimum absolute atomic E-state index is 0.276. The summed E-state index contributed by atoms with van der Waals surface area (Å²) in [6.07, 6.45) is 23.5. The van der Waals surface area contributed by atoms with Crippen LogP contribution in [0.5, 0.6) is 0 Å². The van der Waals surface area contributed by atoms with Crippen molar-refractivity contribution >= 4 is 8.32 Å². The van der Waals surface area contributed by atoms with Gasteiger partial charge in [0, 0.05) is 6.61 Å². The van der Waals surface area contributed by atoms with Crippen LogP contribution in [0.4, 0.5) is 0 Å². The monoisotopic (exact) mass is 436 g/mol. The van der Waals surface area contributed by atoms with Crippen LogP contribution in [0.15, 0.2) is 24.3 Å². The number of aliphatic hydroxyl groups excluding tert-OH is 1. The van der Waals surface area contributed by atoms with Gasteiger partial charge in [-0.2, -0.15) is 0 Å². The SMILES string of the molecule is CCCCCCCCC(O)/C=C/C=C/C1CCCCCC1CO[Si](C)(C)C(C)(C)C. The summed E-state index contributed by atoms with van der Waals surface area (Å²) in [5.74, 6) is 1.25. The van der Waals surface area contributed by atoms with Gasteiger partial charge in [-0.25, -0.2) is 0 Å². The third kappa shape index (κ3) is 11.3. The average Bonchev–Trinajstić information content (AvgIpc) is 2.90. The largest absolute Gasteiger partial charge is 0.417 e. The lowest BCUT2D eigenvalue weighted by atomic mass is 9.88. The van der Waals surface area contributed by atoms with Crippen molar-refractivity contribution < 1.29 is 9.53 Å². The zero-order chi connectivity index (χ0) is 22.5. The minimum Gasteiger partial charge on any atom is -0.417 e. The summed E-state index contributed by atoms with van der Waals surface area (Å²) in [5, 5.41) is 10.5. The summed E-state index contributed by atoms with van der Waals surface area (Å²) in [4.78, 5) is 0. The Balaban J connectivity index is 2.46. The van der Waals surface area contributed by atoms with Gasteiger partial charge in [-0.05, 0) is 49.2 Å². The Kier molecular flexibility index (Phi) is 13.5. The second-order valence-electron chi connectivity index (χ2n) is 11.0. The smallest absolute Gasteiger partial charge is 0.191 e. The molecule has 3 atom stereocenters. The van der Waals surface area contributed by atoms with Gasteiger partial charge in [0.05, 0.1) is 6.10 Å². The first-order valence-corrected chi connectivity index (χ1v) is 15.7. The zero-order valence-corrected chi connectivity index (χ0v) is 22.1. The maximum atomic E-state index is 10.2. The predicted octanol–water partition coefficient (Wildman–Crippen LogP) is 8.43. The Bertz CT molecular complexity index is 490. The second-order valence-corrected chi connectivity index (χ2v) is 15.8. The van der Waals surface area contributed by atoms with Gasteiger partial charge in [0.2, 0.25) is 0 Å². The summed E-state index contributed by atoms with van der Waals surface area (Å²) < 4.78 is 6.59. The van der Waals surface area contributed by atoms with E-state index in [0.717, 1.165) is 19.4 Å². The summed E-state index contributed by atoms with van der Waals surface area (Å²) in [6, 6.07) is 0. The molecule has 0 aromatic carbocycles. The van der Waals surface area contributed by atoms with Gasteiger partial charge in [-0.3, -0.25) is 0 Å². The third-order valence-corrected chi connectivity index (χ3v) is 11.8. The maximum absolute atomic E-state index is 10.2. The molecular weight excluding hydrogens is 384 g/mol. The lowest BCUT2D eigenvalue weighted by Crippen LogP contribution is -2.42. The van der Waals surface area contributed by atoms with Crippen LogP contribution >= 0.6 is 0 Å². The topological polar surface area (TPSA) is 29.5 Å². The van der Waals surface area contributed by atoms with Crippen molar-refractivity contribution in [3.05, 3.63) is 24.3 Å². The normalized spacial score (nSPS) is 22.6. The molecule has 0 radical (unpaired) electrons. The number of hydrogen-bond donors (Lipinski definition) is 1. The van der Waals surface area contributed by atoms with Crippen LogP contribution < -0.4 is 0 Å². The molecule has 3 heteroatoms. The Morgan fingerprint density at radius 3 is 2.33 bits per heavy atom. The van der Waals surface area contributed by atoms with Crippen molar-refractivity contribution in [1.29, 1.82) is 0 Å². The molecular formula is C27H52O2Si. The molecule has 176 valence electrons. The first-order chi connectivity index (χ1) is 14.2. The molecule has 0 heterocycles. The van der Waals surface area contributed by atoms with E-state index in [-0.39, 0.29) is 11.1 Å². The highest BCUT2D eigenvalue weighted by Gasteiger charge is 2.38. The molecule has 2 nitrogen and oxygen atoms in total. The molecule has 1 aliphatic rings. The van der Waals surface area contributed by atoms with Crippen molar-refractivity contribution in [3.8, 4) is 0 Å². The van der Waals surface area contributed by atoms with E-state index < -0.39 is 8.32 Å². The molecule has 1 saturated carbocycles. The first-order valence-electron chi connectivity index (χ1n) is 12.8. The van der Waals surface area contributed by atoms with Gasteiger partial charge in [0.1, 0.15) is 0 Å². The molecule has 1 fully saturated rings. The fourth-order valence-corrected chi connectivity index (χ4v) is 5.10. The van der Waals surface area contributed by atoms with Gasteiger partial charge in [-0.15, -0.1) is 0 Å². The molecule has 30 heavy (non-hydrogen) atoms. The minimum atomic E-state index is -1.68. The molecule has 0 aliphatic heterocycles. The van der Waals surface area contributed by atoms with Crippen LogP contribution in [0.1, 0.15) is 105 Å². The second kappa shape index (κ2) is 14.6. The molecule has 0 aromatic rings. The van der Waals surface area contributed by atoms with Crippen LogP contribution in [-0.2, 0) is 4.43 Å². The predicted molar refractivity (Wildman–Crippen MR) is 135 cm³/mol. The average molecular weight is 437 g/mol. The molecule has 1 N–H and O–H groups in total. The molecule has 0 aromatic heterocycles. The van der Waals surface area contributed by atoms with Crippen LogP contribution in [0.3, 0.4) is 0 Å². The molecule has 0 spiro atoms. The van der Waals surface area contributed by atoms with Crippen molar-refractivity contribution in [1.82, 2.24) is 0 Å². The van der Waals surface area contributed by atoms with E-state index >= 15 is 0 Å². The Morgan fingerprint density at radius 1 is 0.967 bits per heavy atom. The van der Waals surface area contributed by atoms with Gasteiger partial charge < -0.3 is 9.53 Å². The van der Waals surface area contributed by atoms with E-state index in [9.17, 15) is 5.11 Å². The molecule has 3 unspecified atom stereocenters. The van der Waals surface area contributed by atoms with E-state index in [2.05, 4.69) is 59.0 Å². The molecule has 1 aliphatic carbocycles. The highest BCUT2D eigenvalue weighted by atomic mass is 28.4. The summed E-state index contributed by atoms with van der Waals surface area (Å²) in [7, 11) is -1.68. The van der Waals surface area contributed by atoms with Crippen LogP contribution in [0.25, 0.3) is 0 Å². The maximum Gasteiger partial charge on any atom is 0.191 e. The highest BCUT2D eigenvalue weighted by Crippen LogP contribution is 2.38. The number of unbranched alkanes of at least 4 members (excludes halogenated alkanes) is 5. The van der Waals surface area contributed by atoms with Crippen molar-refractivity contribution in [2.24, 2.45) is 11.8 Å². The molecule has 0 saturated heterocycles. The standard InChI is InChI=1S/C27H52O2Si/c1-7-8-9-10-11-15-21-26(28)22-17-16-19-24-18-13-12-14-20-25(24)23-29-30(5,6)27(2,3)4/h16-17,19,22,24-26,28H,7-15,18,20-21,23H2,1-6H3/b19-16+,22-17+. The third-order valence-electron chi connectivity index (χ3n) is 7.34. The van der Waals surface area contributed by atoms with Crippen LogP contribution in [0.2, 0.25) is 18.1 Å². The Hall–Kier alpha value is -0.383. The molecule has 0 bridgehead atoms. The van der Waals surface area contributed by atoms with E-state index in [1.165, 1.54) is 64.2 Å². The highest BCUT2D eigenvalue weighted by molar-refractivity contribution is 6.74. The van der Waals surface area contributed by atoms with E-state index in [0.29, 0.717) is 11.8 Å². The Labute approximate surface area is 189 Å². The molecule has 0 amide bonds. The summed E-state index contributed by atoms with van der Waals surface area (Å²) in [5.41, 5.74) is 0. The summed E-state index contributed by atoms with van der Waals surface area (Å²) >= 11 is 0. The lowest BCUT2D eigenvalue weighted by Gasteiger charge is -2.38. The van der Waals surface area contributed by atoms with Gasteiger partial charge >= 0.3 is 0 Å². The number of aliphatic hydroxyl groups is 1. The van der Waals surface area contributed by atoms with Crippen molar-refractivity contribution in [2.45, 2.75) is 129 Å². The van der Waals surface area contributed by atoms with Gasteiger partial charge in [0.25, 0.3) is 0 Å². The number of hydrogen-bond acceptors (Lipinski definition) is 2. The number of rotatable bonds is 13. The molecule has 1 rings (SSSR count). The van der Waals surface area contributed by atoms with E-state index in [1.54, 1.807) is 0 Å². The van der Waals surface area contributed by atoms with Crippen molar-refractivity contribution in [3.63, 3.8) is 0 Å². The quantitative estimate of drug-likeness (QED) is 0.136. The van der Waals surface area contributed by atoms with E-state index in [1.807, 2.05) is 6.08 Å².